The molecule has 8 nitrogen and oxygen atoms in total. The molecule has 0 unspecified atom stereocenters. The van der Waals surface area contributed by atoms with Crippen LogP contribution in [0.15, 0.2) is 28.2 Å². The number of hydrogen-bond acceptors (Lipinski definition) is 6. The molecule has 0 saturated heterocycles. The molecule has 1 N–H and O–H groups in total. The molecule has 112 valence electrons. The molecule has 21 heavy (non-hydrogen) atoms. The highest BCUT2D eigenvalue weighted by atomic mass is 32.2. The number of nitrogens with zero attached hydrogens (tertiary/aromatic N) is 3. The summed E-state index contributed by atoms with van der Waals surface area (Å²) in [7, 11) is -2.37. The number of amides is 1. The molecule has 2 heterocycles. The van der Waals surface area contributed by atoms with E-state index in [0.29, 0.717) is 18.2 Å². The van der Waals surface area contributed by atoms with Crippen LogP contribution in [-0.2, 0) is 23.5 Å². The number of hydrogen-bond donors (Lipinski definition) is 1. The quantitative estimate of drug-likeness (QED) is 0.860. The maximum absolute atomic E-state index is 12.0. The maximum Gasteiger partial charge on any atom is 0.286 e. The highest BCUT2D eigenvalue weighted by Crippen LogP contribution is 2.32. The normalized spacial score (nSPS) is 15.1. The number of nitrogens with one attached hydrogen (secondary N) is 1. The summed E-state index contributed by atoms with van der Waals surface area (Å²) < 4.78 is 32.5. The van der Waals surface area contributed by atoms with Crippen LogP contribution in [-0.4, -0.2) is 28.9 Å². The van der Waals surface area contributed by atoms with Crippen molar-refractivity contribution in [3.8, 4) is 0 Å². The van der Waals surface area contributed by atoms with Gasteiger partial charge in [0, 0.05) is 19.7 Å². The monoisotopic (exact) mass is 310 g/mol. The van der Waals surface area contributed by atoms with Gasteiger partial charge in [0.05, 0.1) is 6.33 Å². The predicted octanol–water partition coefficient (Wildman–Crippen LogP) is 0.479. The second-order valence-corrected chi connectivity index (χ2v) is 6.72. The average molecular weight is 310 g/mol. The summed E-state index contributed by atoms with van der Waals surface area (Å²) in [6.45, 7) is 0. The first-order valence-electron chi connectivity index (χ1n) is 6.43. The third-order valence-electron chi connectivity index (χ3n) is 3.13. The Morgan fingerprint density at radius 2 is 2.29 bits per heavy atom. The van der Waals surface area contributed by atoms with E-state index in [0.717, 1.165) is 12.8 Å². The Balaban J connectivity index is 1.71. The van der Waals surface area contributed by atoms with E-state index in [-0.39, 0.29) is 10.7 Å². The molecule has 1 fully saturated rings. The summed E-state index contributed by atoms with van der Waals surface area (Å²) in [5, 5.41) is -0.222. The summed E-state index contributed by atoms with van der Waals surface area (Å²) in [5.74, 6) is 0.196. The second kappa shape index (κ2) is 4.99. The molecular formula is C12H14N4O4S. The van der Waals surface area contributed by atoms with Gasteiger partial charge in [0.2, 0.25) is 0 Å². The molecule has 1 amide bonds. The molecule has 0 atom stereocenters. The lowest BCUT2D eigenvalue weighted by Crippen LogP contribution is -2.31. The SMILES string of the molecule is Cn1cnc(S(=O)(=O)NC(=O)c2coc(CC3CC3)n2)c1. The number of carbonyl (C=O) groups excluding carboxylic acids is 1. The summed E-state index contributed by atoms with van der Waals surface area (Å²) >= 11 is 0. The first kappa shape index (κ1) is 13.8. The molecule has 1 saturated carbocycles. The Labute approximate surface area is 121 Å². The maximum atomic E-state index is 12.0. The fourth-order valence-corrected chi connectivity index (χ4v) is 2.78. The van der Waals surface area contributed by atoms with E-state index in [1.807, 2.05) is 4.72 Å². The Kier molecular flexibility index (Phi) is 3.28. The van der Waals surface area contributed by atoms with Gasteiger partial charge >= 0.3 is 0 Å². The van der Waals surface area contributed by atoms with Crippen LogP contribution in [0.1, 0.15) is 29.2 Å². The summed E-state index contributed by atoms with van der Waals surface area (Å²) in [6.07, 6.45) is 6.76. The lowest BCUT2D eigenvalue weighted by atomic mass is 10.3. The van der Waals surface area contributed by atoms with E-state index in [2.05, 4.69) is 9.97 Å². The molecule has 2 aromatic rings. The molecule has 0 aliphatic heterocycles. The zero-order chi connectivity index (χ0) is 15.0. The molecule has 3 rings (SSSR count). The summed E-state index contributed by atoms with van der Waals surface area (Å²) in [5.41, 5.74) is -0.0508. The van der Waals surface area contributed by atoms with Crippen molar-refractivity contribution in [2.24, 2.45) is 13.0 Å². The van der Waals surface area contributed by atoms with Gasteiger partial charge < -0.3 is 8.98 Å². The first-order valence-corrected chi connectivity index (χ1v) is 7.92. The van der Waals surface area contributed by atoms with Crippen LogP contribution in [0.3, 0.4) is 0 Å². The van der Waals surface area contributed by atoms with Gasteiger partial charge in [0.1, 0.15) is 6.26 Å². The Morgan fingerprint density at radius 1 is 1.52 bits per heavy atom. The van der Waals surface area contributed by atoms with Gasteiger partial charge in [-0.25, -0.2) is 14.7 Å². The number of carbonyl (C=O) groups is 1. The van der Waals surface area contributed by atoms with Gasteiger partial charge in [-0.15, -0.1) is 0 Å². The minimum absolute atomic E-state index is 0.0508. The van der Waals surface area contributed by atoms with Crippen molar-refractivity contribution < 1.29 is 17.6 Å². The standard InChI is InChI=1S/C12H14N4O4S/c1-16-5-11(13-7-16)21(18,19)15-12(17)9-6-20-10(14-9)4-8-2-3-8/h5-8H,2-4H2,1H3,(H,15,17). The number of aromatic nitrogens is 3. The van der Waals surface area contributed by atoms with Crippen LogP contribution in [0.25, 0.3) is 0 Å². The molecule has 0 aromatic carbocycles. The van der Waals surface area contributed by atoms with Gasteiger partial charge in [-0.3, -0.25) is 4.79 Å². The van der Waals surface area contributed by atoms with E-state index >= 15 is 0 Å². The van der Waals surface area contributed by atoms with Gasteiger partial charge in [-0.05, 0) is 18.8 Å². The van der Waals surface area contributed by atoms with Crippen molar-refractivity contribution in [3.63, 3.8) is 0 Å². The van der Waals surface area contributed by atoms with Crippen molar-refractivity contribution in [2.75, 3.05) is 0 Å². The average Bonchev–Trinajstić information content (AvgIpc) is 2.90. The Bertz CT molecular complexity index is 773. The molecule has 0 radical (unpaired) electrons. The highest BCUT2D eigenvalue weighted by molar-refractivity contribution is 7.90. The largest absolute Gasteiger partial charge is 0.448 e. The third kappa shape index (κ3) is 3.13. The van der Waals surface area contributed by atoms with Crippen LogP contribution in [0.5, 0.6) is 0 Å². The predicted molar refractivity (Wildman–Crippen MR) is 70.8 cm³/mol. The van der Waals surface area contributed by atoms with Gasteiger partial charge in [-0.2, -0.15) is 8.42 Å². The lowest BCUT2D eigenvalue weighted by molar-refractivity contribution is 0.0976. The molecule has 1 aliphatic rings. The van der Waals surface area contributed by atoms with Crippen LogP contribution in [0.2, 0.25) is 0 Å². The van der Waals surface area contributed by atoms with Crippen molar-refractivity contribution >= 4 is 15.9 Å². The van der Waals surface area contributed by atoms with E-state index in [1.165, 1.54) is 23.4 Å². The van der Waals surface area contributed by atoms with Gasteiger partial charge in [0.15, 0.2) is 16.6 Å². The lowest BCUT2D eigenvalue weighted by Gasteiger charge is -2.01. The van der Waals surface area contributed by atoms with Crippen molar-refractivity contribution in [3.05, 3.63) is 30.4 Å². The topological polar surface area (TPSA) is 107 Å². The second-order valence-electron chi connectivity index (χ2n) is 5.09. The zero-order valence-electron chi connectivity index (χ0n) is 11.3. The van der Waals surface area contributed by atoms with E-state index < -0.39 is 15.9 Å². The van der Waals surface area contributed by atoms with Gasteiger partial charge in [-0.1, -0.05) is 0 Å². The van der Waals surface area contributed by atoms with Crippen molar-refractivity contribution in [1.82, 2.24) is 19.3 Å². The van der Waals surface area contributed by atoms with E-state index in [9.17, 15) is 13.2 Å². The fourth-order valence-electron chi connectivity index (χ4n) is 1.83. The first-order chi connectivity index (χ1) is 9.94. The third-order valence-corrected chi connectivity index (χ3v) is 4.34. The highest BCUT2D eigenvalue weighted by Gasteiger charge is 2.26. The molecule has 2 aromatic heterocycles. The summed E-state index contributed by atoms with van der Waals surface area (Å²) in [4.78, 5) is 19.6. The van der Waals surface area contributed by atoms with Crippen molar-refractivity contribution in [1.29, 1.82) is 0 Å². The Hall–Kier alpha value is -2.16. The number of sulfonamides is 1. The smallest absolute Gasteiger partial charge is 0.286 e. The summed E-state index contributed by atoms with van der Waals surface area (Å²) in [6, 6.07) is 0. The van der Waals surface area contributed by atoms with Crippen LogP contribution >= 0.6 is 0 Å². The Morgan fingerprint density at radius 3 is 2.90 bits per heavy atom. The number of aryl methyl sites for hydroxylation is 1. The van der Waals surface area contributed by atoms with Crippen LogP contribution in [0, 0.1) is 5.92 Å². The van der Waals surface area contributed by atoms with E-state index in [4.69, 9.17) is 4.42 Å². The van der Waals surface area contributed by atoms with E-state index in [1.54, 1.807) is 7.05 Å². The minimum Gasteiger partial charge on any atom is -0.448 e. The number of oxazole rings is 1. The van der Waals surface area contributed by atoms with Gasteiger partial charge in [0.25, 0.3) is 15.9 Å². The molecule has 1 aliphatic carbocycles. The molecule has 0 spiro atoms. The van der Waals surface area contributed by atoms with Crippen LogP contribution in [0.4, 0.5) is 0 Å². The molecule has 9 heteroatoms. The number of rotatable bonds is 5. The fraction of sp³-hybridized carbons (Fsp3) is 0.417. The zero-order valence-corrected chi connectivity index (χ0v) is 12.1. The number of imidazole rings is 1. The molecule has 0 bridgehead atoms. The van der Waals surface area contributed by atoms with Crippen LogP contribution < -0.4 is 4.72 Å². The molecular weight excluding hydrogens is 296 g/mol. The van der Waals surface area contributed by atoms with Crippen molar-refractivity contribution in [2.45, 2.75) is 24.3 Å². The minimum atomic E-state index is -4.00.